The van der Waals surface area contributed by atoms with Gasteiger partial charge in [0.1, 0.15) is 5.75 Å². The number of Topliss-reactive ketones (excluding diaryl/α,β-unsaturated/α-hetero) is 1. The quantitative estimate of drug-likeness (QED) is 0.437. The molecule has 0 saturated heterocycles. The molecule has 0 aliphatic rings. The van der Waals surface area contributed by atoms with Crippen molar-refractivity contribution in [3.8, 4) is 5.75 Å². The van der Waals surface area contributed by atoms with Crippen molar-refractivity contribution in [2.24, 2.45) is 0 Å². The van der Waals surface area contributed by atoms with Crippen molar-refractivity contribution in [2.45, 2.75) is 26.7 Å². The van der Waals surface area contributed by atoms with Crippen LogP contribution in [-0.2, 0) is 9.53 Å². The van der Waals surface area contributed by atoms with Crippen molar-refractivity contribution < 1.29 is 19.1 Å². The van der Waals surface area contributed by atoms with Crippen LogP contribution in [0, 0.1) is 0 Å². The fourth-order valence-electron chi connectivity index (χ4n) is 1.41. The van der Waals surface area contributed by atoms with Gasteiger partial charge in [0.25, 0.3) is 0 Å². The Morgan fingerprint density at radius 1 is 1.32 bits per heavy atom. The normalized spacial score (nSPS) is 10.1. The SMILES string of the molecule is CCCCOC(=O)COc1ccc(Br)cc1C(C)=O. The van der Waals surface area contributed by atoms with E-state index in [0.717, 1.165) is 17.3 Å². The van der Waals surface area contributed by atoms with Gasteiger partial charge in [-0.05, 0) is 31.5 Å². The lowest BCUT2D eigenvalue weighted by atomic mass is 10.1. The van der Waals surface area contributed by atoms with Crippen molar-refractivity contribution in [1.82, 2.24) is 0 Å². The van der Waals surface area contributed by atoms with Crippen molar-refractivity contribution in [2.75, 3.05) is 13.2 Å². The Morgan fingerprint density at radius 2 is 2.05 bits per heavy atom. The number of rotatable bonds is 7. The second-order valence-electron chi connectivity index (χ2n) is 4.06. The monoisotopic (exact) mass is 328 g/mol. The number of esters is 1. The lowest BCUT2D eigenvalue weighted by molar-refractivity contribution is -0.146. The topological polar surface area (TPSA) is 52.6 Å². The molecule has 0 radical (unpaired) electrons. The summed E-state index contributed by atoms with van der Waals surface area (Å²) in [7, 11) is 0. The number of benzene rings is 1. The van der Waals surface area contributed by atoms with Crippen molar-refractivity contribution in [3.05, 3.63) is 28.2 Å². The molecule has 5 heteroatoms. The Labute approximate surface area is 121 Å². The average Bonchev–Trinajstić information content (AvgIpc) is 2.37. The van der Waals surface area contributed by atoms with Crippen LogP contribution in [0.1, 0.15) is 37.0 Å². The van der Waals surface area contributed by atoms with Crippen LogP contribution >= 0.6 is 15.9 Å². The van der Waals surface area contributed by atoms with E-state index >= 15 is 0 Å². The standard InChI is InChI=1S/C14H17BrO4/c1-3-4-7-18-14(17)9-19-13-6-5-11(15)8-12(13)10(2)16/h5-6,8H,3-4,7,9H2,1-2H3. The number of carbonyl (C=O) groups excluding carboxylic acids is 2. The molecule has 0 N–H and O–H groups in total. The first-order valence-electron chi connectivity index (χ1n) is 6.13. The van der Waals surface area contributed by atoms with E-state index < -0.39 is 5.97 Å². The lowest BCUT2D eigenvalue weighted by Gasteiger charge is -2.10. The number of carbonyl (C=O) groups is 2. The van der Waals surface area contributed by atoms with Gasteiger partial charge in [0, 0.05) is 4.47 Å². The van der Waals surface area contributed by atoms with Gasteiger partial charge in [0.2, 0.25) is 0 Å². The number of halogens is 1. The maximum absolute atomic E-state index is 11.5. The van der Waals surface area contributed by atoms with Gasteiger partial charge in [-0.2, -0.15) is 0 Å². The molecule has 4 nitrogen and oxygen atoms in total. The molecule has 0 heterocycles. The summed E-state index contributed by atoms with van der Waals surface area (Å²) in [5, 5.41) is 0. The third kappa shape index (κ3) is 5.42. The Morgan fingerprint density at radius 3 is 2.68 bits per heavy atom. The lowest BCUT2D eigenvalue weighted by Crippen LogP contribution is -2.16. The highest BCUT2D eigenvalue weighted by Gasteiger charge is 2.11. The Balaban J connectivity index is 2.57. The molecular weight excluding hydrogens is 312 g/mol. The van der Waals surface area contributed by atoms with E-state index in [1.165, 1.54) is 6.92 Å². The number of hydrogen-bond donors (Lipinski definition) is 0. The molecule has 0 spiro atoms. The summed E-state index contributed by atoms with van der Waals surface area (Å²) < 4.78 is 11.1. The summed E-state index contributed by atoms with van der Waals surface area (Å²) in [6.45, 7) is 3.68. The minimum Gasteiger partial charge on any atom is -0.481 e. The molecular formula is C14H17BrO4. The first-order chi connectivity index (χ1) is 9.04. The highest BCUT2D eigenvalue weighted by molar-refractivity contribution is 9.10. The van der Waals surface area contributed by atoms with Crippen molar-refractivity contribution in [1.29, 1.82) is 0 Å². The Bertz CT molecular complexity index is 457. The van der Waals surface area contributed by atoms with E-state index in [4.69, 9.17) is 9.47 Å². The fraction of sp³-hybridized carbons (Fsp3) is 0.429. The summed E-state index contributed by atoms with van der Waals surface area (Å²) in [5.74, 6) is -0.148. The third-order valence-electron chi connectivity index (χ3n) is 2.43. The van der Waals surface area contributed by atoms with Gasteiger partial charge in [0.05, 0.1) is 12.2 Å². The zero-order valence-electron chi connectivity index (χ0n) is 11.1. The van der Waals surface area contributed by atoms with E-state index in [1.54, 1.807) is 18.2 Å². The smallest absolute Gasteiger partial charge is 0.344 e. The molecule has 0 aliphatic carbocycles. The predicted octanol–water partition coefficient (Wildman–Crippen LogP) is 3.37. The van der Waals surface area contributed by atoms with Crippen LogP contribution in [0.4, 0.5) is 0 Å². The van der Waals surface area contributed by atoms with Crippen LogP contribution < -0.4 is 4.74 Å². The molecule has 0 saturated carbocycles. The van der Waals surface area contributed by atoms with Crippen LogP contribution in [-0.4, -0.2) is 25.0 Å². The zero-order valence-corrected chi connectivity index (χ0v) is 12.7. The maximum atomic E-state index is 11.5. The molecule has 0 bridgehead atoms. The summed E-state index contributed by atoms with van der Waals surface area (Å²) >= 11 is 3.29. The van der Waals surface area contributed by atoms with Crippen LogP contribution in [0.25, 0.3) is 0 Å². The summed E-state index contributed by atoms with van der Waals surface area (Å²) in [6.07, 6.45) is 1.80. The van der Waals surface area contributed by atoms with Crippen LogP contribution in [0.5, 0.6) is 5.75 Å². The second kappa shape index (κ2) is 7.94. The molecule has 1 aromatic rings. The highest BCUT2D eigenvalue weighted by atomic mass is 79.9. The van der Waals surface area contributed by atoms with Crippen molar-refractivity contribution in [3.63, 3.8) is 0 Å². The molecule has 19 heavy (non-hydrogen) atoms. The number of hydrogen-bond acceptors (Lipinski definition) is 4. The van der Waals surface area contributed by atoms with E-state index in [0.29, 0.717) is 17.9 Å². The van der Waals surface area contributed by atoms with Gasteiger partial charge in [0.15, 0.2) is 12.4 Å². The van der Waals surface area contributed by atoms with Gasteiger partial charge in [-0.15, -0.1) is 0 Å². The molecule has 0 atom stereocenters. The van der Waals surface area contributed by atoms with Gasteiger partial charge in [-0.1, -0.05) is 29.3 Å². The molecule has 104 valence electrons. The molecule has 0 amide bonds. The van der Waals surface area contributed by atoms with Gasteiger partial charge in [-0.3, -0.25) is 4.79 Å². The third-order valence-corrected chi connectivity index (χ3v) is 2.92. The molecule has 1 aromatic carbocycles. The highest BCUT2D eigenvalue weighted by Crippen LogP contribution is 2.23. The van der Waals surface area contributed by atoms with Gasteiger partial charge < -0.3 is 9.47 Å². The second-order valence-corrected chi connectivity index (χ2v) is 4.98. The van der Waals surface area contributed by atoms with E-state index in [9.17, 15) is 9.59 Å². The molecule has 0 aliphatic heterocycles. The summed E-state index contributed by atoms with van der Waals surface area (Å²) in [5.41, 5.74) is 0.440. The van der Waals surface area contributed by atoms with Crippen LogP contribution in [0.15, 0.2) is 22.7 Å². The largest absolute Gasteiger partial charge is 0.481 e. The Hall–Kier alpha value is -1.36. The fourth-order valence-corrected chi connectivity index (χ4v) is 1.77. The van der Waals surface area contributed by atoms with Crippen LogP contribution in [0.3, 0.4) is 0 Å². The number of ether oxygens (including phenoxy) is 2. The summed E-state index contributed by atoms with van der Waals surface area (Å²) in [4.78, 5) is 22.9. The minimum atomic E-state index is -0.425. The predicted molar refractivity (Wildman–Crippen MR) is 75.5 cm³/mol. The number of unbranched alkanes of at least 4 members (excludes halogenated alkanes) is 1. The molecule has 0 aromatic heterocycles. The minimum absolute atomic E-state index is 0.115. The molecule has 0 unspecified atom stereocenters. The van der Waals surface area contributed by atoms with Gasteiger partial charge >= 0.3 is 5.97 Å². The van der Waals surface area contributed by atoms with Crippen molar-refractivity contribution >= 4 is 27.7 Å². The summed E-state index contributed by atoms with van der Waals surface area (Å²) in [6, 6.07) is 5.07. The van der Waals surface area contributed by atoms with E-state index in [-0.39, 0.29) is 12.4 Å². The molecule has 0 fully saturated rings. The Kier molecular flexibility index (Phi) is 6.56. The average molecular weight is 329 g/mol. The number of ketones is 1. The van der Waals surface area contributed by atoms with E-state index in [2.05, 4.69) is 15.9 Å². The van der Waals surface area contributed by atoms with E-state index in [1.807, 2.05) is 6.92 Å². The maximum Gasteiger partial charge on any atom is 0.344 e. The van der Waals surface area contributed by atoms with Crippen LogP contribution in [0.2, 0.25) is 0 Å². The zero-order chi connectivity index (χ0) is 14.3. The van der Waals surface area contributed by atoms with Gasteiger partial charge in [-0.25, -0.2) is 4.79 Å². The molecule has 1 rings (SSSR count). The first kappa shape index (κ1) is 15.7. The first-order valence-corrected chi connectivity index (χ1v) is 6.92.